The van der Waals surface area contributed by atoms with Crippen LogP contribution in [-0.2, 0) is 4.79 Å². The van der Waals surface area contributed by atoms with Crippen molar-refractivity contribution in [2.24, 2.45) is 5.41 Å². The Labute approximate surface area is 76.1 Å². The lowest BCUT2D eigenvalue weighted by Crippen LogP contribution is -2.33. The number of hydrogen-bond acceptors (Lipinski definition) is 3. The van der Waals surface area contributed by atoms with Crippen LogP contribution in [0.2, 0.25) is 0 Å². The fraction of sp³-hybridized carbons (Fsp3) is 0.625. The van der Waals surface area contributed by atoms with Crippen molar-refractivity contribution in [3.8, 4) is 0 Å². The van der Waals surface area contributed by atoms with Crippen molar-refractivity contribution in [2.45, 2.75) is 27.7 Å². The van der Waals surface area contributed by atoms with Crippen LogP contribution in [0.5, 0.6) is 0 Å². The zero-order valence-electron chi connectivity index (χ0n) is 8.12. The molecule has 1 aliphatic rings. The highest BCUT2D eigenvalue weighted by Crippen LogP contribution is 2.19. The Hall–Kier alpha value is -1.39. The van der Waals surface area contributed by atoms with E-state index in [2.05, 4.69) is 0 Å². The molecule has 0 aromatic carbocycles. The van der Waals surface area contributed by atoms with Crippen molar-refractivity contribution >= 4 is 17.2 Å². The average molecular weight is 184 g/mol. The fourth-order valence-corrected chi connectivity index (χ4v) is 1.20. The largest absolute Gasteiger partial charge is 0.561 e. The first-order valence-electron chi connectivity index (χ1n) is 3.97. The lowest BCUT2D eigenvalue weighted by atomic mass is 9.87. The Kier molecular flexibility index (Phi) is 1.90. The van der Waals surface area contributed by atoms with Crippen LogP contribution >= 0.6 is 0 Å². The van der Waals surface area contributed by atoms with Gasteiger partial charge in [-0.05, 0) is 20.8 Å². The molecule has 0 spiro atoms. The van der Waals surface area contributed by atoms with Gasteiger partial charge >= 0.3 is 17.2 Å². The zero-order chi connectivity index (χ0) is 10.4. The van der Waals surface area contributed by atoms with Crippen LogP contribution < -0.4 is 0 Å². The highest BCUT2D eigenvalue weighted by molar-refractivity contribution is 6.65. The number of nitrogens with zero attached hydrogens (tertiary/aromatic N) is 2. The molecule has 1 aliphatic heterocycles. The number of hydrazone groups is 2. The lowest BCUT2D eigenvalue weighted by Gasteiger charge is -2.11. The van der Waals surface area contributed by atoms with Gasteiger partial charge in [0.2, 0.25) is 0 Å². The van der Waals surface area contributed by atoms with E-state index in [1.165, 1.54) is 6.92 Å². The topological polar surface area (TPSA) is 69.2 Å². The molecule has 1 heterocycles. The first-order chi connectivity index (χ1) is 5.76. The first kappa shape index (κ1) is 9.70. The molecule has 0 aromatic heterocycles. The number of Topliss-reactive ketones (excluding diaryl/α,β-unsaturated/α-hetero) is 1. The quantitative estimate of drug-likeness (QED) is 0.405. The van der Waals surface area contributed by atoms with Crippen LogP contribution in [0.1, 0.15) is 27.7 Å². The van der Waals surface area contributed by atoms with Crippen LogP contribution in [0.25, 0.3) is 0 Å². The number of rotatable bonds is 0. The molecule has 0 aromatic rings. The summed E-state index contributed by atoms with van der Waals surface area (Å²) in [6.07, 6.45) is 0. The van der Waals surface area contributed by atoms with Crippen molar-refractivity contribution in [3.63, 3.8) is 0 Å². The number of ketones is 1. The molecule has 0 unspecified atom stereocenters. The minimum absolute atomic E-state index is 0.000000000000000444. The predicted octanol–water partition coefficient (Wildman–Crippen LogP) is 0.453. The molecule has 0 fully saturated rings. The van der Waals surface area contributed by atoms with Gasteiger partial charge in [-0.15, -0.1) is 0 Å². The van der Waals surface area contributed by atoms with E-state index in [1.807, 2.05) is 0 Å². The molecule has 5 nitrogen and oxygen atoms in total. The molecule has 13 heavy (non-hydrogen) atoms. The Bertz CT molecular complexity index is 334. The van der Waals surface area contributed by atoms with E-state index in [9.17, 15) is 15.2 Å². The minimum Gasteiger partial charge on any atom is -0.561 e. The molecular weight excluding hydrogens is 172 g/mol. The number of carbonyl (C=O) groups is 1. The van der Waals surface area contributed by atoms with Crippen molar-refractivity contribution in [1.29, 1.82) is 0 Å². The van der Waals surface area contributed by atoms with Crippen molar-refractivity contribution in [3.05, 3.63) is 10.4 Å². The van der Waals surface area contributed by atoms with Crippen molar-refractivity contribution in [2.75, 3.05) is 0 Å². The zero-order valence-corrected chi connectivity index (χ0v) is 8.12. The molecule has 0 amide bonds. The summed E-state index contributed by atoms with van der Waals surface area (Å²) in [4.78, 5) is 11.6. The molecule has 5 heteroatoms. The third-order valence-electron chi connectivity index (χ3n) is 1.90. The molecule has 0 aliphatic carbocycles. The third kappa shape index (κ3) is 1.30. The van der Waals surface area contributed by atoms with Gasteiger partial charge in [0.1, 0.15) is 0 Å². The highest BCUT2D eigenvalue weighted by atomic mass is 16.7. The van der Waals surface area contributed by atoms with E-state index in [1.54, 1.807) is 20.8 Å². The number of carbonyl (C=O) groups excluding carboxylic acids is 1. The minimum atomic E-state index is -0.598. The maximum atomic E-state index is 11.4. The van der Waals surface area contributed by atoms with Crippen molar-refractivity contribution in [1.82, 2.24) is 0 Å². The lowest BCUT2D eigenvalue weighted by molar-refractivity contribution is -1.05. The second kappa shape index (κ2) is 2.55. The van der Waals surface area contributed by atoms with E-state index in [4.69, 9.17) is 0 Å². The molecule has 1 rings (SSSR count). The Morgan fingerprint density at radius 1 is 1.15 bits per heavy atom. The van der Waals surface area contributed by atoms with E-state index >= 15 is 0 Å². The summed E-state index contributed by atoms with van der Waals surface area (Å²) in [6, 6.07) is 0. The van der Waals surface area contributed by atoms with Crippen LogP contribution in [0.15, 0.2) is 0 Å². The third-order valence-corrected chi connectivity index (χ3v) is 1.90. The molecular formula is C8H12N2O3. The second-order valence-corrected chi connectivity index (χ2v) is 4.06. The van der Waals surface area contributed by atoms with Gasteiger partial charge < -0.3 is 10.4 Å². The van der Waals surface area contributed by atoms with Gasteiger partial charge in [0, 0.05) is 6.92 Å². The highest BCUT2D eigenvalue weighted by Gasteiger charge is 2.47. The Balaban J connectivity index is 3.27. The van der Waals surface area contributed by atoms with Crippen LogP contribution in [0, 0.1) is 15.8 Å². The summed E-state index contributed by atoms with van der Waals surface area (Å²) in [7, 11) is 0. The summed E-state index contributed by atoms with van der Waals surface area (Å²) >= 11 is 0. The van der Waals surface area contributed by atoms with Gasteiger partial charge in [0.15, 0.2) is 0 Å². The molecule has 72 valence electrons. The number of hydrogen-bond donors (Lipinski definition) is 0. The van der Waals surface area contributed by atoms with Gasteiger partial charge in [-0.3, -0.25) is 4.79 Å². The standard InChI is InChI=1S/C8H12N2O3/c1-5-6(11)7(8(2,3)4)10(13)9(5)12/h1-4H3. The maximum Gasteiger partial charge on any atom is 0.328 e. The number of hydrazine groups is 1. The molecule has 0 atom stereocenters. The van der Waals surface area contributed by atoms with Crippen LogP contribution in [-0.4, -0.2) is 26.9 Å². The SMILES string of the molecule is CC1=[N+]([O-])[N+]([O-])=C(C(C)(C)C)C1=O. The van der Waals surface area contributed by atoms with Gasteiger partial charge in [-0.25, -0.2) is 0 Å². The van der Waals surface area contributed by atoms with E-state index < -0.39 is 11.2 Å². The second-order valence-electron chi connectivity index (χ2n) is 4.06. The van der Waals surface area contributed by atoms with Gasteiger partial charge in [-0.2, -0.15) is 0 Å². The predicted molar refractivity (Wildman–Crippen MR) is 47.4 cm³/mol. The van der Waals surface area contributed by atoms with Crippen LogP contribution in [0.4, 0.5) is 0 Å². The summed E-state index contributed by atoms with van der Waals surface area (Å²) in [6.45, 7) is 6.51. The maximum absolute atomic E-state index is 11.4. The Morgan fingerprint density at radius 2 is 1.62 bits per heavy atom. The van der Waals surface area contributed by atoms with E-state index in [0.717, 1.165) is 0 Å². The summed E-state index contributed by atoms with van der Waals surface area (Å²) in [5.41, 5.74) is -0.667. The summed E-state index contributed by atoms with van der Waals surface area (Å²) in [5.74, 6) is -0.461. The first-order valence-corrected chi connectivity index (χ1v) is 3.97. The molecule has 0 saturated carbocycles. The van der Waals surface area contributed by atoms with E-state index in [0.29, 0.717) is 0 Å². The smallest absolute Gasteiger partial charge is 0.328 e. The van der Waals surface area contributed by atoms with Crippen molar-refractivity contribution < 1.29 is 14.5 Å². The van der Waals surface area contributed by atoms with Crippen LogP contribution in [0.3, 0.4) is 0 Å². The normalized spacial score (nSPS) is 18.9. The fourth-order valence-electron chi connectivity index (χ4n) is 1.20. The molecule has 0 bridgehead atoms. The summed E-state index contributed by atoms with van der Waals surface area (Å²) in [5, 5.41) is 22.2. The average Bonchev–Trinajstić information content (AvgIpc) is 2.14. The van der Waals surface area contributed by atoms with Gasteiger partial charge in [0.05, 0.1) is 15.1 Å². The monoisotopic (exact) mass is 184 g/mol. The Morgan fingerprint density at radius 3 is 1.77 bits per heavy atom. The molecule has 0 saturated heterocycles. The molecule has 0 radical (unpaired) electrons. The molecule has 0 N–H and O–H groups in total. The van der Waals surface area contributed by atoms with E-state index in [-0.39, 0.29) is 21.1 Å². The summed E-state index contributed by atoms with van der Waals surface area (Å²) < 4.78 is 0. The van der Waals surface area contributed by atoms with Gasteiger partial charge in [0.25, 0.3) is 0 Å². The van der Waals surface area contributed by atoms with Gasteiger partial charge in [-0.1, -0.05) is 0 Å².